The molecular weight excluding hydrogens is 311 g/mol. The van der Waals surface area contributed by atoms with E-state index in [2.05, 4.69) is 97.9 Å². The lowest BCUT2D eigenvalue weighted by molar-refractivity contribution is -0.361. The van der Waals surface area contributed by atoms with Crippen LogP contribution in [-0.4, -0.2) is 12.8 Å². The second-order valence-corrected chi connectivity index (χ2v) is 9.22. The Morgan fingerprint density at radius 2 is 0.833 bits per heavy atom. The van der Waals surface area contributed by atoms with Gasteiger partial charge in [-0.05, 0) is 43.3 Å². The summed E-state index contributed by atoms with van der Waals surface area (Å²) >= 11 is 0. The number of benzene rings is 3. The zero-order valence-corrected chi connectivity index (χ0v) is 15.3. The highest BCUT2D eigenvalue weighted by Gasteiger charge is 2.43. The van der Waals surface area contributed by atoms with Crippen LogP contribution in [0.25, 0.3) is 0 Å². The predicted molar refractivity (Wildman–Crippen MR) is 106 cm³/mol. The van der Waals surface area contributed by atoms with Crippen molar-refractivity contribution in [3.8, 4) is 0 Å². The summed E-state index contributed by atoms with van der Waals surface area (Å²) in [7, 11) is -1.53. The molecule has 2 heteroatoms. The molecule has 0 aromatic heterocycles. The third-order valence-corrected chi connectivity index (χ3v) is 8.55. The molecule has 0 spiro atoms. The molecule has 0 saturated carbocycles. The Morgan fingerprint density at radius 3 is 1.04 bits per heavy atom. The van der Waals surface area contributed by atoms with Crippen molar-refractivity contribution < 1.29 is 5.11 Å². The maximum Gasteiger partial charge on any atom is 0.111 e. The SMILES string of the molecule is CC[O-].CC[P+](c1ccccc1)(c1ccccc1)c1ccccc1. The van der Waals surface area contributed by atoms with Gasteiger partial charge in [0.25, 0.3) is 0 Å². The summed E-state index contributed by atoms with van der Waals surface area (Å²) in [5.74, 6) is 0. The van der Waals surface area contributed by atoms with Gasteiger partial charge in [0.15, 0.2) is 0 Å². The van der Waals surface area contributed by atoms with Gasteiger partial charge in [0.05, 0.1) is 6.16 Å². The van der Waals surface area contributed by atoms with Crippen molar-refractivity contribution in [3.05, 3.63) is 91.0 Å². The van der Waals surface area contributed by atoms with Crippen molar-refractivity contribution in [1.82, 2.24) is 0 Å². The maximum absolute atomic E-state index is 8.93. The first-order valence-corrected chi connectivity index (χ1v) is 10.4. The standard InChI is InChI=1S/C20H20P.C2H5O/c1-2-21(18-12-6-3-7-13-18,19-14-8-4-9-15-19)20-16-10-5-11-17-20;1-2-3/h3-17H,2H2,1H3;2H2,1H3/q+1;-1. The van der Waals surface area contributed by atoms with Gasteiger partial charge >= 0.3 is 0 Å². The van der Waals surface area contributed by atoms with E-state index in [9.17, 15) is 0 Å². The van der Waals surface area contributed by atoms with Crippen LogP contribution in [0.1, 0.15) is 13.8 Å². The largest absolute Gasteiger partial charge is 0.855 e. The van der Waals surface area contributed by atoms with Crippen LogP contribution in [-0.2, 0) is 0 Å². The molecule has 0 saturated heterocycles. The summed E-state index contributed by atoms with van der Waals surface area (Å²) in [5, 5.41) is 13.3. The molecule has 0 fully saturated rings. The summed E-state index contributed by atoms with van der Waals surface area (Å²) in [5.41, 5.74) is 0. The summed E-state index contributed by atoms with van der Waals surface area (Å²) in [6.45, 7) is 3.89. The molecule has 0 N–H and O–H groups in total. The Balaban J connectivity index is 0.000000647. The molecule has 1 nitrogen and oxygen atoms in total. The molecule has 0 aliphatic heterocycles. The molecule has 0 radical (unpaired) electrons. The lowest BCUT2D eigenvalue weighted by Gasteiger charge is -2.26. The van der Waals surface area contributed by atoms with Gasteiger partial charge in [0, 0.05) is 0 Å². The van der Waals surface area contributed by atoms with E-state index in [1.54, 1.807) is 6.92 Å². The molecule has 0 aliphatic rings. The van der Waals surface area contributed by atoms with Crippen molar-refractivity contribution in [2.24, 2.45) is 0 Å². The molecule has 0 heterocycles. The zero-order chi connectivity index (χ0) is 17.3. The fourth-order valence-corrected chi connectivity index (χ4v) is 7.08. The van der Waals surface area contributed by atoms with E-state index in [0.717, 1.165) is 6.16 Å². The van der Waals surface area contributed by atoms with Crippen molar-refractivity contribution in [2.45, 2.75) is 13.8 Å². The minimum atomic E-state index is -1.53. The van der Waals surface area contributed by atoms with E-state index in [0.29, 0.717) is 0 Å². The van der Waals surface area contributed by atoms with Crippen molar-refractivity contribution in [3.63, 3.8) is 0 Å². The smallest absolute Gasteiger partial charge is 0.111 e. The third-order valence-electron chi connectivity index (χ3n) is 4.07. The summed E-state index contributed by atoms with van der Waals surface area (Å²) in [6.07, 6.45) is 1.14. The van der Waals surface area contributed by atoms with E-state index in [1.165, 1.54) is 15.9 Å². The number of hydrogen-bond acceptors (Lipinski definition) is 1. The maximum atomic E-state index is 8.93. The average molecular weight is 336 g/mol. The molecular formula is C22H25OP. The van der Waals surface area contributed by atoms with Crippen molar-refractivity contribution in [2.75, 3.05) is 12.8 Å². The summed E-state index contributed by atoms with van der Waals surface area (Å²) in [4.78, 5) is 0. The molecule has 0 atom stereocenters. The molecule has 3 aromatic rings. The lowest BCUT2D eigenvalue weighted by atomic mass is 10.4. The Kier molecular flexibility index (Phi) is 7.18. The third kappa shape index (κ3) is 3.93. The monoisotopic (exact) mass is 336 g/mol. The first kappa shape index (κ1) is 18.4. The van der Waals surface area contributed by atoms with E-state index < -0.39 is 7.26 Å². The van der Waals surface area contributed by atoms with Gasteiger partial charge < -0.3 is 5.11 Å². The quantitative estimate of drug-likeness (QED) is 0.670. The molecule has 0 aliphatic carbocycles. The summed E-state index contributed by atoms with van der Waals surface area (Å²) < 4.78 is 0. The topological polar surface area (TPSA) is 23.1 Å². The van der Waals surface area contributed by atoms with Crippen molar-refractivity contribution >= 4 is 23.2 Å². The van der Waals surface area contributed by atoms with Crippen LogP contribution < -0.4 is 21.0 Å². The van der Waals surface area contributed by atoms with Crippen LogP contribution in [0.15, 0.2) is 91.0 Å². The van der Waals surface area contributed by atoms with Crippen LogP contribution in [0, 0.1) is 0 Å². The van der Waals surface area contributed by atoms with Crippen LogP contribution in [0.3, 0.4) is 0 Å². The normalized spacial score (nSPS) is 10.6. The van der Waals surface area contributed by atoms with Crippen molar-refractivity contribution in [1.29, 1.82) is 0 Å². The fraction of sp³-hybridized carbons (Fsp3) is 0.182. The minimum Gasteiger partial charge on any atom is -0.855 e. The van der Waals surface area contributed by atoms with Gasteiger partial charge in [-0.2, -0.15) is 0 Å². The van der Waals surface area contributed by atoms with E-state index in [-0.39, 0.29) is 6.61 Å². The minimum absolute atomic E-state index is 0. The molecule has 24 heavy (non-hydrogen) atoms. The summed E-state index contributed by atoms with van der Waals surface area (Å²) in [6, 6.07) is 33.0. The van der Waals surface area contributed by atoms with Crippen LogP contribution in [0.4, 0.5) is 0 Å². The van der Waals surface area contributed by atoms with Crippen LogP contribution in [0.2, 0.25) is 0 Å². The average Bonchev–Trinajstić information content (AvgIpc) is 2.66. The van der Waals surface area contributed by atoms with E-state index >= 15 is 0 Å². The second-order valence-electron chi connectivity index (χ2n) is 5.42. The molecule has 0 amide bonds. The molecule has 3 aromatic carbocycles. The zero-order valence-electron chi connectivity index (χ0n) is 14.4. The molecule has 3 rings (SSSR count). The van der Waals surface area contributed by atoms with Gasteiger partial charge in [-0.3, -0.25) is 0 Å². The number of rotatable bonds is 4. The van der Waals surface area contributed by atoms with Gasteiger partial charge in [-0.1, -0.05) is 61.5 Å². The van der Waals surface area contributed by atoms with E-state index in [1.807, 2.05) is 0 Å². The Morgan fingerprint density at radius 1 is 0.583 bits per heavy atom. The second kappa shape index (κ2) is 9.37. The molecule has 124 valence electrons. The number of hydrogen-bond donors (Lipinski definition) is 0. The first-order chi connectivity index (χ1) is 11.8. The Hall–Kier alpha value is -1.95. The highest BCUT2D eigenvalue weighted by molar-refractivity contribution is 7.95. The van der Waals surface area contributed by atoms with Crippen LogP contribution in [0.5, 0.6) is 0 Å². The Labute approximate surface area is 146 Å². The highest BCUT2D eigenvalue weighted by Crippen LogP contribution is 2.54. The first-order valence-electron chi connectivity index (χ1n) is 8.42. The Bertz CT molecular complexity index is 599. The van der Waals surface area contributed by atoms with Gasteiger partial charge in [-0.15, -0.1) is 6.61 Å². The highest BCUT2D eigenvalue weighted by atomic mass is 31.2. The van der Waals surface area contributed by atoms with Gasteiger partial charge in [0.1, 0.15) is 23.2 Å². The molecule has 0 unspecified atom stereocenters. The predicted octanol–water partition coefficient (Wildman–Crippen LogP) is 3.37. The lowest BCUT2D eigenvalue weighted by Crippen LogP contribution is -2.32. The van der Waals surface area contributed by atoms with Crippen LogP contribution >= 0.6 is 7.26 Å². The fourth-order valence-electron chi connectivity index (χ4n) is 3.04. The molecule has 0 bridgehead atoms. The van der Waals surface area contributed by atoms with E-state index in [4.69, 9.17) is 5.11 Å². The van der Waals surface area contributed by atoms with Gasteiger partial charge in [0.2, 0.25) is 0 Å². The van der Waals surface area contributed by atoms with Gasteiger partial charge in [-0.25, -0.2) is 0 Å².